The molecule has 0 rings (SSSR count). The van der Waals surface area contributed by atoms with Crippen LogP contribution in [0.5, 0.6) is 0 Å². The molecule has 0 saturated carbocycles. The zero-order valence-corrected chi connectivity index (χ0v) is 7.77. The molecule has 0 spiro atoms. The van der Waals surface area contributed by atoms with Crippen molar-refractivity contribution in [2.24, 2.45) is 0 Å². The fourth-order valence-electron chi connectivity index (χ4n) is 0.781. The van der Waals surface area contributed by atoms with Gasteiger partial charge in [0.1, 0.15) is 0 Å². The van der Waals surface area contributed by atoms with Gasteiger partial charge in [0.2, 0.25) is 0 Å². The van der Waals surface area contributed by atoms with Crippen LogP contribution in [0.4, 0.5) is 0 Å². The first-order chi connectivity index (χ1) is 3.98. The summed E-state index contributed by atoms with van der Waals surface area (Å²) in [5.41, 5.74) is -0.760. The second kappa shape index (κ2) is 5.21. The molecule has 0 heterocycles. The Morgan fingerprint density at radius 2 is 1.80 bits per heavy atom. The van der Waals surface area contributed by atoms with Gasteiger partial charge in [-0.25, -0.2) is 0 Å². The van der Waals surface area contributed by atoms with Crippen LogP contribution in [0.25, 0.3) is 0 Å². The number of rotatable bonds is 3. The Labute approximate surface area is 75.8 Å². The van der Waals surface area contributed by atoms with E-state index in [4.69, 9.17) is 0 Å². The largest absolute Gasteiger partial charge is 1.00 e. The van der Waals surface area contributed by atoms with Gasteiger partial charge >= 0.3 is 18.9 Å². The Morgan fingerprint density at radius 3 is 1.90 bits per heavy atom. The van der Waals surface area contributed by atoms with Crippen LogP contribution in [0, 0.1) is 0 Å². The molecule has 0 aliphatic carbocycles. The van der Waals surface area contributed by atoms with Gasteiger partial charge in [-0.05, 0) is 20.6 Å². The van der Waals surface area contributed by atoms with Gasteiger partial charge < -0.3 is 10.0 Å². The van der Waals surface area contributed by atoms with Gasteiger partial charge in [-0.1, -0.05) is 20.3 Å². The molecule has 0 saturated heterocycles. The maximum atomic E-state index is 11.2. The maximum Gasteiger partial charge on any atom is 1.00 e. The van der Waals surface area contributed by atoms with Gasteiger partial charge in [0.15, 0.2) is 0 Å². The summed E-state index contributed by atoms with van der Waals surface area (Å²) >= 11 is 0. The Morgan fingerprint density at radius 1 is 1.40 bits per heavy atom. The molecule has 0 aromatic heterocycles. The monoisotopic (exact) mass is 137 g/mol. The van der Waals surface area contributed by atoms with Crippen LogP contribution < -0.4 is 24.0 Å². The molecule has 0 aliphatic rings. The Bertz CT molecular complexity index is 83.7. The van der Waals surface area contributed by atoms with Crippen LogP contribution in [0.1, 0.15) is 20.3 Å². The first-order valence-corrected chi connectivity index (χ1v) is 3.33. The molecular formula is C7H16LiNO. The predicted molar refractivity (Wildman–Crippen MR) is 37.2 cm³/mol. The van der Waals surface area contributed by atoms with Gasteiger partial charge in [0.05, 0.1) is 0 Å². The fraction of sp³-hybridized carbons (Fsp3) is 1.00. The quantitative estimate of drug-likeness (QED) is 0.390. The van der Waals surface area contributed by atoms with Crippen molar-refractivity contribution >= 4 is 0 Å². The van der Waals surface area contributed by atoms with E-state index in [9.17, 15) is 5.11 Å². The smallest absolute Gasteiger partial charge is 0.849 e. The molecule has 0 fully saturated rings. The molecule has 0 aromatic carbocycles. The van der Waals surface area contributed by atoms with Gasteiger partial charge in [-0.3, -0.25) is 0 Å². The van der Waals surface area contributed by atoms with Crippen LogP contribution in [-0.4, -0.2) is 31.1 Å². The van der Waals surface area contributed by atoms with E-state index in [-0.39, 0.29) is 18.9 Å². The van der Waals surface area contributed by atoms with Crippen LogP contribution in [0.15, 0.2) is 0 Å². The van der Waals surface area contributed by atoms with Crippen LogP contribution >= 0.6 is 0 Å². The molecule has 10 heavy (non-hydrogen) atoms. The summed E-state index contributed by atoms with van der Waals surface area (Å²) in [6.07, 6.45) is 0.700. The minimum Gasteiger partial charge on any atom is -0.849 e. The standard InChI is InChI=1S/C7H16NO.Li/c1-5-7(2,9)6-8(3)4;/h5-6H2,1-4H3;/q-1;+1. The molecule has 0 aromatic rings. The minimum absolute atomic E-state index is 0. The first-order valence-electron chi connectivity index (χ1n) is 3.33. The molecule has 1 unspecified atom stereocenters. The molecule has 56 valence electrons. The third kappa shape index (κ3) is 6.63. The number of likely N-dealkylation sites (N-methyl/N-ethyl adjacent to an activating group) is 1. The van der Waals surface area contributed by atoms with Crippen LogP contribution in [0.3, 0.4) is 0 Å². The summed E-state index contributed by atoms with van der Waals surface area (Å²) in [4.78, 5) is 1.93. The van der Waals surface area contributed by atoms with E-state index in [1.54, 1.807) is 6.92 Å². The van der Waals surface area contributed by atoms with Crippen LogP contribution in [-0.2, 0) is 0 Å². The summed E-state index contributed by atoms with van der Waals surface area (Å²) in [6.45, 7) is 4.30. The Hall–Kier alpha value is 0.517. The number of hydrogen-bond acceptors (Lipinski definition) is 2. The first kappa shape index (κ1) is 13.1. The molecule has 0 amide bonds. The molecule has 0 radical (unpaired) electrons. The zero-order chi connectivity index (χ0) is 7.49. The molecule has 2 nitrogen and oxygen atoms in total. The maximum absolute atomic E-state index is 11.2. The third-order valence-electron chi connectivity index (χ3n) is 1.40. The predicted octanol–water partition coefficient (Wildman–Crippen LogP) is -2.92. The van der Waals surface area contributed by atoms with E-state index < -0.39 is 5.60 Å². The molecule has 0 N–H and O–H groups in total. The van der Waals surface area contributed by atoms with Crippen molar-refractivity contribution in [2.45, 2.75) is 25.9 Å². The number of hydrogen-bond donors (Lipinski definition) is 0. The van der Waals surface area contributed by atoms with E-state index in [1.165, 1.54) is 0 Å². The van der Waals surface area contributed by atoms with Crippen molar-refractivity contribution in [3.63, 3.8) is 0 Å². The minimum atomic E-state index is -0.760. The van der Waals surface area contributed by atoms with Crippen molar-refractivity contribution < 1.29 is 24.0 Å². The average Bonchev–Trinajstić information content (AvgIpc) is 1.63. The van der Waals surface area contributed by atoms with E-state index in [0.29, 0.717) is 13.0 Å². The Kier molecular flexibility index (Phi) is 6.84. The Balaban J connectivity index is 0. The summed E-state index contributed by atoms with van der Waals surface area (Å²) in [5.74, 6) is 0. The fourth-order valence-corrected chi connectivity index (χ4v) is 0.781. The molecule has 1 atom stereocenters. The van der Waals surface area contributed by atoms with Gasteiger partial charge in [0.25, 0.3) is 0 Å². The SMILES string of the molecule is CCC(C)([O-])CN(C)C.[Li+]. The third-order valence-corrected chi connectivity index (χ3v) is 1.40. The topological polar surface area (TPSA) is 26.3 Å². The van der Waals surface area contributed by atoms with Crippen molar-refractivity contribution in [3.8, 4) is 0 Å². The van der Waals surface area contributed by atoms with E-state index in [2.05, 4.69) is 0 Å². The van der Waals surface area contributed by atoms with Crippen LogP contribution in [0.2, 0.25) is 0 Å². The van der Waals surface area contributed by atoms with Gasteiger partial charge in [-0.2, -0.15) is 0 Å². The van der Waals surface area contributed by atoms with Crippen molar-refractivity contribution in [2.75, 3.05) is 20.6 Å². The van der Waals surface area contributed by atoms with Crippen molar-refractivity contribution in [1.82, 2.24) is 4.90 Å². The van der Waals surface area contributed by atoms with Gasteiger partial charge in [0, 0.05) is 0 Å². The normalized spacial score (nSPS) is 16.2. The van der Waals surface area contributed by atoms with Crippen molar-refractivity contribution in [3.05, 3.63) is 0 Å². The molecule has 3 heteroatoms. The average molecular weight is 137 g/mol. The van der Waals surface area contributed by atoms with E-state index >= 15 is 0 Å². The van der Waals surface area contributed by atoms with E-state index in [1.807, 2.05) is 25.9 Å². The zero-order valence-electron chi connectivity index (χ0n) is 7.77. The molecular weight excluding hydrogens is 121 g/mol. The summed E-state index contributed by atoms with van der Waals surface area (Å²) < 4.78 is 0. The van der Waals surface area contributed by atoms with E-state index in [0.717, 1.165) is 0 Å². The molecule has 0 aliphatic heterocycles. The summed E-state index contributed by atoms with van der Waals surface area (Å²) in [7, 11) is 3.84. The number of nitrogens with zero attached hydrogens (tertiary/aromatic N) is 1. The van der Waals surface area contributed by atoms with Gasteiger partial charge in [-0.15, -0.1) is 5.60 Å². The van der Waals surface area contributed by atoms with Crippen molar-refractivity contribution in [1.29, 1.82) is 0 Å². The second-order valence-electron chi connectivity index (χ2n) is 3.04. The summed E-state index contributed by atoms with van der Waals surface area (Å²) in [6, 6.07) is 0. The molecule has 0 bridgehead atoms. The second-order valence-corrected chi connectivity index (χ2v) is 3.04. The summed E-state index contributed by atoms with van der Waals surface area (Å²) in [5, 5.41) is 11.2.